The van der Waals surface area contributed by atoms with Crippen LogP contribution in [0, 0.1) is 0 Å². The average molecular weight is 599 g/mol. The van der Waals surface area contributed by atoms with Crippen molar-refractivity contribution in [3.63, 3.8) is 0 Å². The molecule has 45 heavy (non-hydrogen) atoms. The van der Waals surface area contributed by atoms with Crippen LogP contribution >= 0.6 is 0 Å². The van der Waals surface area contributed by atoms with Crippen LogP contribution in [0.15, 0.2) is 84.9 Å². The van der Waals surface area contributed by atoms with Crippen molar-refractivity contribution in [1.29, 1.82) is 0 Å². The molecular weight excluding hydrogens is 564 g/mol. The lowest BCUT2D eigenvalue weighted by atomic mass is 9.79. The van der Waals surface area contributed by atoms with Crippen molar-refractivity contribution in [1.82, 2.24) is 0 Å². The van der Waals surface area contributed by atoms with Crippen molar-refractivity contribution in [2.45, 2.75) is 31.0 Å². The Kier molecular flexibility index (Phi) is 6.16. The van der Waals surface area contributed by atoms with E-state index in [-0.39, 0.29) is 0 Å². The minimum atomic E-state index is -1.19. The van der Waals surface area contributed by atoms with Crippen LogP contribution in [0.25, 0.3) is 28.0 Å². The smallest absolute Gasteiger partial charge is 0.178 e. The van der Waals surface area contributed by atoms with E-state index in [4.69, 9.17) is 23.7 Å². The molecule has 0 fully saturated rings. The van der Waals surface area contributed by atoms with E-state index in [1.165, 1.54) is 0 Å². The number of hydrogen-bond acceptors (Lipinski definition) is 6. The van der Waals surface area contributed by atoms with Crippen LogP contribution in [-0.2, 0) is 17.6 Å². The molecule has 0 saturated heterocycles. The van der Waals surface area contributed by atoms with E-state index >= 15 is 0 Å². The highest BCUT2D eigenvalue weighted by atomic mass is 16.5. The Hall–Kier alpha value is -4.94. The Balaban J connectivity index is 1.49. The predicted molar refractivity (Wildman–Crippen MR) is 175 cm³/mol. The van der Waals surface area contributed by atoms with Crippen molar-refractivity contribution < 1.29 is 28.8 Å². The molecule has 5 aromatic rings. The number of methoxy groups -OCH3 is 3. The van der Waals surface area contributed by atoms with Gasteiger partial charge in [0.15, 0.2) is 17.1 Å². The van der Waals surface area contributed by atoms with Gasteiger partial charge in [-0.25, -0.2) is 0 Å². The molecule has 2 aliphatic heterocycles. The fraction of sp³-hybridized carbons (Fsp3) is 0.231. The van der Waals surface area contributed by atoms with Crippen molar-refractivity contribution in [2.24, 2.45) is 0 Å². The maximum Gasteiger partial charge on any atom is 0.178 e. The van der Waals surface area contributed by atoms with Gasteiger partial charge in [0.1, 0.15) is 22.8 Å². The minimum Gasteiger partial charge on any atom is -0.497 e. The molecule has 3 aliphatic rings. The Bertz CT molecular complexity index is 1960. The van der Waals surface area contributed by atoms with Crippen LogP contribution in [0.5, 0.6) is 28.7 Å². The van der Waals surface area contributed by atoms with Crippen LogP contribution in [-0.4, -0.2) is 33.0 Å². The van der Waals surface area contributed by atoms with E-state index in [1.54, 1.807) is 21.3 Å². The highest BCUT2D eigenvalue weighted by molar-refractivity contribution is 6.11. The van der Waals surface area contributed by atoms with Gasteiger partial charge in [0.25, 0.3) is 0 Å². The molecule has 2 heterocycles. The highest BCUT2D eigenvalue weighted by Crippen LogP contribution is 2.60. The van der Waals surface area contributed by atoms with Gasteiger partial charge < -0.3 is 28.8 Å². The maximum absolute atomic E-state index is 12.6. The molecule has 6 nitrogen and oxygen atoms in total. The van der Waals surface area contributed by atoms with Crippen LogP contribution in [0.1, 0.15) is 46.7 Å². The zero-order valence-electron chi connectivity index (χ0n) is 25.8. The fourth-order valence-electron chi connectivity index (χ4n) is 7.56. The molecule has 1 N–H and O–H groups in total. The molecule has 226 valence electrons. The van der Waals surface area contributed by atoms with Gasteiger partial charge in [-0.05, 0) is 59.5 Å². The number of hydrogen-bond donors (Lipinski definition) is 1. The topological polar surface area (TPSA) is 66.4 Å². The van der Waals surface area contributed by atoms with Gasteiger partial charge in [-0.15, -0.1) is 0 Å². The Morgan fingerprint density at radius 2 is 1.49 bits per heavy atom. The average Bonchev–Trinajstić information content (AvgIpc) is 3.70. The molecule has 0 bridgehead atoms. The largest absolute Gasteiger partial charge is 0.497 e. The minimum absolute atomic E-state index is 0.514. The molecule has 0 spiro atoms. The second-order valence-corrected chi connectivity index (χ2v) is 11.8. The van der Waals surface area contributed by atoms with Gasteiger partial charge >= 0.3 is 0 Å². The summed E-state index contributed by atoms with van der Waals surface area (Å²) < 4.78 is 30.4. The quantitative estimate of drug-likeness (QED) is 0.215. The summed E-state index contributed by atoms with van der Waals surface area (Å²) in [4.78, 5) is 0. The first-order valence-electron chi connectivity index (χ1n) is 15.3. The van der Waals surface area contributed by atoms with Crippen LogP contribution in [0.4, 0.5) is 0 Å². The van der Waals surface area contributed by atoms with Crippen LogP contribution < -0.4 is 23.7 Å². The lowest BCUT2D eigenvalue weighted by Crippen LogP contribution is -2.35. The van der Waals surface area contributed by atoms with Crippen molar-refractivity contribution in [3.05, 3.63) is 118 Å². The molecule has 1 aliphatic carbocycles. The third kappa shape index (κ3) is 3.72. The van der Waals surface area contributed by atoms with Gasteiger partial charge in [0, 0.05) is 45.0 Å². The maximum atomic E-state index is 12.6. The summed E-state index contributed by atoms with van der Waals surface area (Å²) in [6, 6.07) is 26.2. The zero-order valence-corrected chi connectivity index (χ0v) is 25.8. The third-order valence-corrected chi connectivity index (χ3v) is 9.77. The van der Waals surface area contributed by atoms with E-state index in [0.717, 1.165) is 78.9 Å². The second kappa shape index (κ2) is 10.0. The van der Waals surface area contributed by atoms with E-state index < -0.39 is 11.2 Å². The first kappa shape index (κ1) is 27.6. The van der Waals surface area contributed by atoms with E-state index in [0.29, 0.717) is 24.5 Å². The molecule has 0 radical (unpaired) electrons. The number of ether oxygens (including phenoxy) is 5. The molecule has 6 heteroatoms. The molecule has 5 aromatic carbocycles. The zero-order chi connectivity index (χ0) is 30.9. The van der Waals surface area contributed by atoms with Gasteiger partial charge in [-0.2, -0.15) is 0 Å². The molecule has 1 unspecified atom stereocenters. The van der Waals surface area contributed by atoms with E-state index in [2.05, 4.69) is 18.2 Å². The summed E-state index contributed by atoms with van der Waals surface area (Å²) in [6.45, 7) is 2.61. The number of aliphatic hydroxyl groups is 1. The van der Waals surface area contributed by atoms with Gasteiger partial charge in [-0.3, -0.25) is 0 Å². The molecule has 8 rings (SSSR count). The first-order chi connectivity index (χ1) is 22.0. The number of fused-ring (bicyclic) bond motifs is 10. The molecular formula is C39H34O6. The fourth-order valence-corrected chi connectivity index (χ4v) is 7.56. The summed E-state index contributed by atoms with van der Waals surface area (Å²) in [6.07, 6.45) is 5.49. The Labute approximate surface area is 262 Å². The summed E-state index contributed by atoms with van der Waals surface area (Å²) in [5.74, 6) is 3.66. The summed E-state index contributed by atoms with van der Waals surface area (Å²) >= 11 is 0. The molecule has 0 amide bonds. The predicted octanol–water partition coefficient (Wildman–Crippen LogP) is 7.78. The third-order valence-electron chi connectivity index (χ3n) is 9.77. The summed E-state index contributed by atoms with van der Waals surface area (Å²) in [5.41, 5.74) is 5.54. The summed E-state index contributed by atoms with van der Waals surface area (Å²) in [7, 11) is 5.00. The van der Waals surface area contributed by atoms with E-state index in [9.17, 15) is 5.11 Å². The lowest BCUT2D eigenvalue weighted by molar-refractivity contribution is 0.0801. The summed E-state index contributed by atoms with van der Waals surface area (Å²) in [5, 5.41) is 14.5. The first-order valence-corrected chi connectivity index (χ1v) is 15.3. The van der Waals surface area contributed by atoms with Crippen molar-refractivity contribution in [3.8, 4) is 39.9 Å². The monoisotopic (exact) mass is 598 g/mol. The standard InChI is InChI=1S/C39H34O6/c1-5-38(40)31-9-7-6-8-27(31)34-33-28-19-21-44-37(28)32(43-4)22-30(33)36-29(35(34)38)18-20-39(45-36,23-10-14-25(41-2)15-11-23)24-12-16-26(42-3)17-13-24/h6-18,20,22,40H,5,19,21H2,1-4H3. The lowest BCUT2D eigenvalue weighted by Gasteiger charge is -2.38. The van der Waals surface area contributed by atoms with Crippen LogP contribution in [0.3, 0.4) is 0 Å². The molecule has 0 aromatic heterocycles. The van der Waals surface area contributed by atoms with Crippen LogP contribution in [0.2, 0.25) is 0 Å². The van der Waals surface area contributed by atoms with E-state index in [1.807, 2.05) is 79.7 Å². The van der Waals surface area contributed by atoms with Crippen molar-refractivity contribution >= 4 is 16.8 Å². The van der Waals surface area contributed by atoms with Gasteiger partial charge in [-0.1, -0.05) is 61.5 Å². The Morgan fingerprint density at radius 3 is 2.11 bits per heavy atom. The highest BCUT2D eigenvalue weighted by Gasteiger charge is 2.47. The van der Waals surface area contributed by atoms with Crippen molar-refractivity contribution in [2.75, 3.05) is 27.9 Å². The number of benzene rings is 5. The Morgan fingerprint density at radius 1 is 0.822 bits per heavy atom. The number of rotatable bonds is 6. The molecule has 0 saturated carbocycles. The van der Waals surface area contributed by atoms with Gasteiger partial charge in [0.2, 0.25) is 0 Å². The second-order valence-electron chi connectivity index (χ2n) is 11.8. The normalized spacial score (nSPS) is 18.3. The SMILES string of the molecule is CCC1(O)c2ccccc2-c2c1c1c(c3cc(OC)c4c(c23)CCO4)OC(c2ccc(OC)cc2)(c2ccc(OC)cc2)C=C1. The van der Waals surface area contributed by atoms with Gasteiger partial charge in [0.05, 0.1) is 27.9 Å². The molecule has 1 atom stereocenters.